The molecule has 114 valence electrons. The number of aromatic nitrogens is 2. The van der Waals surface area contributed by atoms with E-state index >= 15 is 0 Å². The Balaban J connectivity index is 2.49. The lowest BCUT2D eigenvalue weighted by Gasteiger charge is -2.19. The fourth-order valence-electron chi connectivity index (χ4n) is 2.52. The van der Waals surface area contributed by atoms with Gasteiger partial charge in [-0.2, -0.15) is 0 Å². The van der Waals surface area contributed by atoms with Crippen molar-refractivity contribution >= 4 is 22.6 Å². The highest BCUT2D eigenvalue weighted by Gasteiger charge is 2.21. The van der Waals surface area contributed by atoms with Gasteiger partial charge in [0.25, 0.3) is 0 Å². The molecule has 0 fully saturated rings. The van der Waals surface area contributed by atoms with Crippen molar-refractivity contribution in [1.82, 2.24) is 14.9 Å². The molecule has 0 aliphatic heterocycles. The average Bonchev–Trinajstić information content (AvgIpc) is 2.74. The highest BCUT2D eigenvalue weighted by atomic mass is 16.2. The maximum absolute atomic E-state index is 12.3. The number of imidazole rings is 1. The highest BCUT2D eigenvalue weighted by Crippen LogP contribution is 2.24. The Hall–Kier alpha value is -2.04. The summed E-state index contributed by atoms with van der Waals surface area (Å²) < 4.78 is 2.02. The number of carbonyl (C=O) groups is 1. The van der Waals surface area contributed by atoms with Crippen molar-refractivity contribution in [3.63, 3.8) is 0 Å². The van der Waals surface area contributed by atoms with Crippen LogP contribution in [0.5, 0.6) is 0 Å². The van der Waals surface area contributed by atoms with E-state index in [4.69, 9.17) is 5.73 Å². The molecule has 0 aliphatic rings. The Morgan fingerprint density at radius 2 is 2.10 bits per heavy atom. The van der Waals surface area contributed by atoms with E-state index in [0.717, 1.165) is 29.7 Å². The normalized spacial score (nSPS) is 12.8. The zero-order chi connectivity index (χ0) is 15.6. The van der Waals surface area contributed by atoms with Gasteiger partial charge < -0.3 is 15.6 Å². The number of anilines is 1. The van der Waals surface area contributed by atoms with E-state index in [0.29, 0.717) is 5.69 Å². The summed E-state index contributed by atoms with van der Waals surface area (Å²) in [5.74, 6) is 0.947. The van der Waals surface area contributed by atoms with Crippen LogP contribution in [0.4, 0.5) is 5.69 Å². The first-order chi connectivity index (χ1) is 9.93. The van der Waals surface area contributed by atoms with Gasteiger partial charge in [0.15, 0.2) is 0 Å². The maximum Gasteiger partial charge on any atom is 0.243 e. The van der Waals surface area contributed by atoms with Crippen molar-refractivity contribution < 1.29 is 4.79 Å². The van der Waals surface area contributed by atoms with E-state index in [2.05, 4.69) is 17.2 Å². The minimum atomic E-state index is -0.289. The van der Waals surface area contributed by atoms with Gasteiger partial charge >= 0.3 is 0 Å². The predicted octanol–water partition coefficient (Wildman–Crippen LogP) is 2.66. The molecule has 1 amide bonds. The molecule has 21 heavy (non-hydrogen) atoms. The molecule has 0 spiro atoms. The number of benzene rings is 1. The summed E-state index contributed by atoms with van der Waals surface area (Å²) in [5, 5.41) is 2.96. The summed E-state index contributed by atoms with van der Waals surface area (Å²) in [5.41, 5.74) is 8.33. The number of amides is 1. The molecule has 1 atom stereocenters. The van der Waals surface area contributed by atoms with Crippen LogP contribution in [0.3, 0.4) is 0 Å². The molecule has 5 nitrogen and oxygen atoms in total. The smallest absolute Gasteiger partial charge is 0.243 e. The second-order valence-electron chi connectivity index (χ2n) is 5.74. The van der Waals surface area contributed by atoms with Crippen LogP contribution in [-0.2, 0) is 11.2 Å². The van der Waals surface area contributed by atoms with E-state index in [-0.39, 0.29) is 18.0 Å². The summed E-state index contributed by atoms with van der Waals surface area (Å²) in [4.78, 5) is 17.0. The summed E-state index contributed by atoms with van der Waals surface area (Å²) >= 11 is 0. The number of nitrogens with one attached hydrogen (secondary N) is 1. The lowest BCUT2D eigenvalue weighted by molar-refractivity contribution is -0.124. The molecule has 1 heterocycles. The van der Waals surface area contributed by atoms with Crippen LogP contribution in [-0.4, -0.2) is 21.5 Å². The number of carbonyl (C=O) groups excluding carboxylic acids is 1. The standard InChI is InChI=1S/C16H24N4O/c1-5-6-15-19-13-9-12(17)7-8-14(13)20(15)11(4)16(21)18-10(2)3/h7-11H,5-6,17H2,1-4H3,(H,18,21). The molecule has 5 heteroatoms. The molecule has 0 radical (unpaired) electrons. The number of nitrogen functional groups attached to an aromatic ring is 1. The second-order valence-corrected chi connectivity index (χ2v) is 5.74. The summed E-state index contributed by atoms with van der Waals surface area (Å²) in [7, 11) is 0. The lowest BCUT2D eigenvalue weighted by Crippen LogP contribution is -2.36. The van der Waals surface area contributed by atoms with Gasteiger partial charge in [0.1, 0.15) is 11.9 Å². The number of rotatable bonds is 5. The molecule has 2 aromatic rings. The van der Waals surface area contributed by atoms with Gasteiger partial charge in [0.05, 0.1) is 11.0 Å². The van der Waals surface area contributed by atoms with Crippen LogP contribution in [0.1, 0.15) is 46.0 Å². The van der Waals surface area contributed by atoms with E-state index < -0.39 is 0 Å². The lowest BCUT2D eigenvalue weighted by atomic mass is 10.2. The van der Waals surface area contributed by atoms with E-state index in [1.165, 1.54) is 0 Å². The first-order valence-electron chi connectivity index (χ1n) is 7.50. The van der Waals surface area contributed by atoms with Crippen molar-refractivity contribution in [2.24, 2.45) is 0 Å². The Labute approximate surface area is 125 Å². The summed E-state index contributed by atoms with van der Waals surface area (Å²) in [6.45, 7) is 7.94. The third-order valence-electron chi connectivity index (χ3n) is 3.46. The maximum atomic E-state index is 12.3. The fraction of sp³-hybridized carbons (Fsp3) is 0.500. The van der Waals surface area contributed by atoms with Gasteiger partial charge in [-0.1, -0.05) is 6.92 Å². The zero-order valence-corrected chi connectivity index (χ0v) is 13.2. The minimum absolute atomic E-state index is 0.0125. The van der Waals surface area contributed by atoms with E-state index in [1.807, 2.05) is 43.5 Å². The van der Waals surface area contributed by atoms with Crippen LogP contribution in [0, 0.1) is 0 Å². The van der Waals surface area contributed by atoms with Crippen molar-refractivity contribution in [3.8, 4) is 0 Å². The first kappa shape index (κ1) is 15.4. The molecular weight excluding hydrogens is 264 g/mol. The van der Waals surface area contributed by atoms with Crippen LogP contribution in [0.2, 0.25) is 0 Å². The monoisotopic (exact) mass is 288 g/mol. The molecule has 0 aliphatic carbocycles. The summed E-state index contributed by atoms with van der Waals surface area (Å²) in [6, 6.07) is 5.49. The first-order valence-corrected chi connectivity index (χ1v) is 7.50. The third-order valence-corrected chi connectivity index (χ3v) is 3.46. The molecule has 0 saturated carbocycles. The molecular formula is C16H24N4O. The molecule has 2 rings (SSSR count). The number of hydrogen-bond donors (Lipinski definition) is 2. The predicted molar refractivity (Wildman–Crippen MR) is 86.1 cm³/mol. The second kappa shape index (κ2) is 6.16. The van der Waals surface area contributed by atoms with Crippen molar-refractivity contribution in [2.75, 3.05) is 5.73 Å². The van der Waals surface area contributed by atoms with Crippen LogP contribution in [0.15, 0.2) is 18.2 Å². The van der Waals surface area contributed by atoms with Crippen LogP contribution >= 0.6 is 0 Å². The van der Waals surface area contributed by atoms with Crippen LogP contribution in [0.25, 0.3) is 11.0 Å². The molecule has 1 aromatic heterocycles. The average molecular weight is 288 g/mol. The van der Waals surface area contributed by atoms with E-state index in [1.54, 1.807) is 0 Å². The number of aryl methyl sites for hydroxylation is 1. The summed E-state index contributed by atoms with van der Waals surface area (Å²) in [6.07, 6.45) is 1.82. The van der Waals surface area contributed by atoms with Gasteiger partial charge in [-0.05, 0) is 45.4 Å². The SMILES string of the molecule is CCCc1nc2cc(N)ccc2n1C(C)C(=O)NC(C)C. The van der Waals surface area contributed by atoms with Gasteiger partial charge in [-0.3, -0.25) is 4.79 Å². The van der Waals surface area contributed by atoms with Crippen molar-refractivity contribution in [1.29, 1.82) is 0 Å². The molecule has 1 aromatic carbocycles. The quantitative estimate of drug-likeness (QED) is 0.831. The zero-order valence-electron chi connectivity index (χ0n) is 13.2. The van der Waals surface area contributed by atoms with Crippen LogP contribution < -0.4 is 11.1 Å². The van der Waals surface area contributed by atoms with E-state index in [9.17, 15) is 4.79 Å². The molecule has 0 saturated heterocycles. The number of fused-ring (bicyclic) bond motifs is 1. The highest BCUT2D eigenvalue weighted by molar-refractivity contribution is 5.85. The van der Waals surface area contributed by atoms with Crippen molar-refractivity contribution in [2.45, 2.75) is 52.6 Å². The number of hydrogen-bond acceptors (Lipinski definition) is 3. The minimum Gasteiger partial charge on any atom is -0.399 e. The molecule has 3 N–H and O–H groups in total. The number of nitrogens with zero attached hydrogens (tertiary/aromatic N) is 2. The van der Waals surface area contributed by atoms with Gasteiger partial charge in [-0.25, -0.2) is 4.98 Å². The third kappa shape index (κ3) is 3.17. The Kier molecular flexibility index (Phi) is 4.50. The fourth-order valence-corrected chi connectivity index (χ4v) is 2.52. The van der Waals surface area contributed by atoms with Crippen molar-refractivity contribution in [3.05, 3.63) is 24.0 Å². The Morgan fingerprint density at radius 3 is 2.71 bits per heavy atom. The number of nitrogens with two attached hydrogens (primary N) is 1. The largest absolute Gasteiger partial charge is 0.399 e. The van der Waals surface area contributed by atoms with Gasteiger partial charge in [0, 0.05) is 18.2 Å². The topological polar surface area (TPSA) is 72.9 Å². The van der Waals surface area contributed by atoms with Gasteiger partial charge in [0.2, 0.25) is 5.91 Å². The Morgan fingerprint density at radius 1 is 1.38 bits per heavy atom. The molecule has 0 bridgehead atoms. The Bertz CT molecular complexity index is 645. The van der Waals surface area contributed by atoms with Gasteiger partial charge in [-0.15, -0.1) is 0 Å². The molecule has 1 unspecified atom stereocenters.